The minimum atomic E-state index is -0.338. The first-order valence-corrected chi connectivity index (χ1v) is 7.40. The normalized spacial score (nSPS) is 26.0. The van der Waals surface area contributed by atoms with Gasteiger partial charge in [-0.1, -0.05) is 6.92 Å². The van der Waals surface area contributed by atoms with E-state index >= 15 is 0 Å². The number of hydrogen-bond donors (Lipinski definition) is 4. The van der Waals surface area contributed by atoms with E-state index in [9.17, 15) is 0 Å². The number of nitrogens with zero attached hydrogens (tertiary/aromatic N) is 2. The summed E-state index contributed by atoms with van der Waals surface area (Å²) in [5, 5.41) is 10.2. The molecule has 0 saturated heterocycles. The predicted molar refractivity (Wildman–Crippen MR) is 83.0 cm³/mol. The zero-order chi connectivity index (χ0) is 15.0. The molecule has 2 atom stereocenters. The number of aromatic nitrogens is 2. The van der Waals surface area contributed by atoms with E-state index in [0.717, 1.165) is 16.3 Å². The zero-order valence-corrected chi connectivity index (χ0v) is 12.7. The Balaban J connectivity index is 2.07. The second-order valence-electron chi connectivity index (χ2n) is 5.12. The van der Waals surface area contributed by atoms with Crippen molar-refractivity contribution in [2.75, 3.05) is 13.7 Å². The van der Waals surface area contributed by atoms with Crippen molar-refractivity contribution in [2.24, 2.45) is 22.4 Å². The lowest BCUT2D eigenvalue weighted by Gasteiger charge is -2.31. The Kier molecular flexibility index (Phi) is 3.42. The number of nitrogens with two attached hydrogens (primary N) is 2. The number of guanidine groups is 1. The molecule has 2 aliphatic rings. The molecular formula is C13H18N6OS. The van der Waals surface area contributed by atoms with Gasteiger partial charge in [0.1, 0.15) is 5.82 Å². The third-order valence-corrected chi connectivity index (χ3v) is 5.39. The molecule has 0 spiro atoms. The van der Waals surface area contributed by atoms with Gasteiger partial charge in [-0.15, -0.1) is 11.8 Å². The first-order valence-electron chi connectivity index (χ1n) is 6.59. The summed E-state index contributed by atoms with van der Waals surface area (Å²) in [6.45, 7) is 2.74. The van der Waals surface area contributed by atoms with Crippen molar-refractivity contribution in [3.63, 3.8) is 0 Å². The fourth-order valence-corrected chi connectivity index (χ4v) is 4.03. The van der Waals surface area contributed by atoms with E-state index < -0.39 is 0 Å². The summed E-state index contributed by atoms with van der Waals surface area (Å²) in [5.41, 5.74) is 13.7. The summed E-state index contributed by atoms with van der Waals surface area (Å²) in [5.74, 6) is 0.950. The Morgan fingerprint density at radius 1 is 1.48 bits per heavy atom. The summed E-state index contributed by atoms with van der Waals surface area (Å²) in [7, 11) is 1.70. The van der Waals surface area contributed by atoms with Crippen molar-refractivity contribution in [2.45, 2.75) is 11.7 Å². The number of methoxy groups -OCH3 is 1. The molecule has 3 heterocycles. The summed E-state index contributed by atoms with van der Waals surface area (Å²) in [6.07, 6.45) is 3.87. The van der Waals surface area contributed by atoms with E-state index in [4.69, 9.17) is 16.2 Å². The molecule has 2 aliphatic heterocycles. The molecule has 7 nitrogen and oxygen atoms in total. The van der Waals surface area contributed by atoms with Gasteiger partial charge >= 0.3 is 0 Å². The van der Waals surface area contributed by atoms with Crippen molar-refractivity contribution in [3.8, 4) is 0 Å². The summed E-state index contributed by atoms with van der Waals surface area (Å²) in [6, 6.07) is 1.97. The third-order valence-electron chi connectivity index (χ3n) is 3.68. The molecule has 0 aliphatic carbocycles. The minimum Gasteiger partial charge on any atom is -0.384 e. The molecule has 1 aromatic heterocycles. The lowest BCUT2D eigenvalue weighted by atomic mass is 9.89. The van der Waals surface area contributed by atoms with Gasteiger partial charge in [0.2, 0.25) is 0 Å². The van der Waals surface area contributed by atoms with Crippen molar-refractivity contribution in [1.82, 2.24) is 15.5 Å². The second-order valence-corrected chi connectivity index (χ2v) is 6.40. The van der Waals surface area contributed by atoms with Gasteiger partial charge in [0.15, 0.2) is 5.96 Å². The Hall–Kier alpha value is -1.93. The topological polar surface area (TPSA) is 114 Å². The van der Waals surface area contributed by atoms with Crippen LogP contribution in [0, 0.1) is 5.92 Å². The molecule has 0 amide bonds. The highest BCUT2D eigenvalue weighted by Gasteiger charge is 2.46. The SMILES string of the molecule is COCC(C)C1(c2ccn[nH]2)C=C2NC(N)=NC(N)=C2S1. The fourth-order valence-electron chi connectivity index (χ4n) is 2.65. The van der Waals surface area contributed by atoms with Crippen LogP contribution in [0.25, 0.3) is 0 Å². The molecule has 0 saturated carbocycles. The number of hydrogen-bond acceptors (Lipinski definition) is 7. The van der Waals surface area contributed by atoms with Gasteiger partial charge < -0.3 is 21.5 Å². The van der Waals surface area contributed by atoms with Crippen LogP contribution in [0.4, 0.5) is 0 Å². The maximum atomic E-state index is 6.01. The first-order chi connectivity index (χ1) is 10.1. The molecule has 0 radical (unpaired) electrons. The number of H-pyrrole nitrogens is 1. The number of ether oxygens (including phenoxy) is 1. The van der Waals surface area contributed by atoms with Crippen LogP contribution in [0.5, 0.6) is 0 Å². The largest absolute Gasteiger partial charge is 0.384 e. The maximum absolute atomic E-state index is 6.01. The van der Waals surface area contributed by atoms with E-state index in [-0.39, 0.29) is 10.7 Å². The molecule has 21 heavy (non-hydrogen) atoms. The monoisotopic (exact) mass is 306 g/mol. The molecule has 2 unspecified atom stereocenters. The smallest absolute Gasteiger partial charge is 0.199 e. The van der Waals surface area contributed by atoms with E-state index in [1.54, 1.807) is 25.1 Å². The molecule has 112 valence electrons. The number of aromatic amines is 1. The lowest BCUT2D eigenvalue weighted by Crippen LogP contribution is -2.34. The average molecular weight is 306 g/mol. The number of fused-ring (bicyclic) bond motifs is 1. The van der Waals surface area contributed by atoms with Crippen LogP contribution >= 0.6 is 11.8 Å². The van der Waals surface area contributed by atoms with Crippen molar-refractivity contribution in [1.29, 1.82) is 0 Å². The van der Waals surface area contributed by atoms with Crippen LogP contribution in [0.1, 0.15) is 12.6 Å². The average Bonchev–Trinajstić information content (AvgIpc) is 3.05. The lowest BCUT2D eigenvalue weighted by molar-refractivity contribution is 0.147. The molecule has 8 heteroatoms. The first kappa shape index (κ1) is 14.0. The fraction of sp³-hybridized carbons (Fsp3) is 0.385. The van der Waals surface area contributed by atoms with Crippen LogP contribution in [-0.2, 0) is 9.48 Å². The molecule has 6 N–H and O–H groups in total. The van der Waals surface area contributed by atoms with Gasteiger partial charge in [-0.3, -0.25) is 5.10 Å². The molecule has 1 aromatic rings. The van der Waals surface area contributed by atoms with Gasteiger partial charge in [-0.05, 0) is 12.1 Å². The maximum Gasteiger partial charge on any atom is 0.199 e. The van der Waals surface area contributed by atoms with E-state index in [1.807, 2.05) is 6.07 Å². The molecule has 0 bridgehead atoms. The number of thioether (sulfide) groups is 1. The Morgan fingerprint density at radius 3 is 2.95 bits per heavy atom. The van der Waals surface area contributed by atoms with Gasteiger partial charge in [0.25, 0.3) is 0 Å². The second kappa shape index (κ2) is 5.12. The molecule has 0 aromatic carbocycles. The Labute approximate surface area is 126 Å². The third kappa shape index (κ3) is 2.20. The Morgan fingerprint density at radius 2 is 2.29 bits per heavy atom. The summed E-state index contributed by atoms with van der Waals surface area (Å²) >= 11 is 1.64. The zero-order valence-electron chi connectivity index (χ0n) is 11.9. The van der Waals surface area contributed by atoms with Crippen molar-refractivity contribution in [3.05, 3.63) is 40.5 Å². The van der Waals surface area contributed by atoms with Crippen LogP contribution < -0.4 is 16.8 Å². The van der Waals surface area contributed by atoms with Crippen LogP contribution in [0.2, 0.25) is 0 Å². The summed E-state index contributed by atoms with van der Waals surface area (Å²) < 4.78 is 5.00. The van der Waals surface area contributed by atoms with Crippen molar-refractivity contribution < 1.29 is 4.74 Å². The van der Waals surface area contributed by atoms with Crippen molar-refractivity contribution >= 4 is 17.7 Å². The highest BCUT2D eigenvalue weighted by Crippen LogP contribution is 2.55. The highest BCUT2D eigenvalue weighted by molar-refractivity contribution is 8.04. The van der Waals surface area contributed by atoms with Gasteiger partial charge in [-0.2, -0.15) is 10.1 Å². The van der Waals surface area contributed by atoms with E-state index in [0.29, 0.717) is 18.4 Å². The van der Waals surface area contributed by atoms with E-state index in [1.165, 1.54) is 0 Å². The van der Waals surface area contributed by atoms with Gasteiger partial charge in [0.05, 0.1) is 27.7 Å². The Bertz CT molecular complexity index is 635. The number of nitrogens with one attached hydrogen (secondary N) is 2. The van der Waals surface area contributed by atoms with Crippen LogP contribution in [0.3, 0.4) is 0 Å². The van der Waals surface area contributed by atoms with E-state index in [2.05, 4.69) is 33.5 Å². The van der Waals surface area contributed by atoms with Gasteiger partial charge in [-0.25, -0.2) is 0 Å². The quantitative estimate of drug-likeness (QED) is 0.646. The predicted octanol–water partition coefficient (Wildman–Crippen LogP) is 0.564. The highest BCUT2D eigenvalue weighted by atomic mass is 32.2. The molecule has 0 fully saturated rings. The molecular weight excluding hydrogens is 288 g/mol. The molecule has 3 rings (SSSR count). The number of rotatable bonds is 4. The standard InChI is InChI=1S/C13H18N6OS/c1-7(6-20-2)13(9-3-4-16-19-9)5-8-10(21-13)11(14)18-12(15)17-8/h3-5,7H,6,14H2,1-2H3,(H,16,19)(H3,15,17,18). The van der Waals surface area contributed by atoms with Crippen LogP contribution in [-0.4, -0.2) is 29.9 Å². The number of aliphatic imine (C=N–C) groups is 1. The minimum absolute atomic E-state index is 0.203. The van der Waals surface area contributed by atoms with Crippen LogP contribution in [0.15, 0.2) is 39.8 Å². The van der Waals surface area contributed by atoms with Gasteiger partial charge in [0, 0.05) is 19.2 Å². The summed E-state index contributed by atoms with van der Waals surface area (Å²) in [4.78, 5) is 5.00.